The van der Waals surface area contributed by atoms with Crippen molar-refractivity contribution in [1.82, 2.24) is 0 Å². The summed E-state index contributed by atoms with van der Waals surface area (Å²) in [5, 5.41) is 0. The van der Waals surface area contributed by atoms with Gasteiger partial charge in [0.2, 0.25) is 0 Å². The van der Waals surface area contributed by atoms with Gasteiger partial charge >= 0.3 is 0 Å². The Morgan fingerprint density at radius 2 is 1.04 bits per heavy atom. The topological polar surface area (TPSA) is 43.2 Å². The second-order valence-corrected chi connectivity index (χ2v) is 5.70. The van der Waals surface area contributed by atoms with E-state index in [2.05, 4.69) is 34.3 Å². The molecule has 4 nitrogen and oxygen atoms in total. The normalized spacial score (nSPS) is 20.0. The molecule has 0 N–H and O–H groups in total. The molecule has 2 aromatic rings. The highest BCUT2D eigenvalue weighted by Gasteiger charge is 2.26. The highest BCUT2D eigenvalue weighted by molar-refractivity contribution is 5.98. The first-order valence-electron chi connectivity index (χ1n) is 9.87. The van der Waals surface area contributed by atoms with Crippen molar-refractivity contribution >= 4 is 11.8 Å². The van der Waals surface area contributed by atoms with Crippen molar-refractivity contribution in [3.05, 3.63) is 71.8 Å². The molecule has 4 heteroatoms. The zero-order valence-corrected chi connectivity index (χ0v) is 16.8. The molecule has 0 aromatic heterocycles. The van der Waals surface area contributed by atoms with Crippen LogP contribution in [-0.2, 0) is 9.47 Å². The van der Waals surface area contributed by atoms with Gasteiger partial charge in [-0.25, -0.2) is 9.98 Å². The molecule has 27 heavy (non-hydrogen) atoms. The lowest BCUT2D eigenvalue weighted by Gasteiger charge is -2.03. The van der Waals surface area contributed by atoms with Gasteiger partial charge in [-0.15, -0.1) is 0 Å². The Bertz CT molecular complexity index is 663. The van der Waals surface area contributed by atoms with Crippen LogP contribution < -0.4 is 0 Å². The van der Waals surface area contributed by atoms with Crippen LogP contribution in [0.4, 0.5) is 0 Å². The molecule has 2 atom stereocenters. The highest BCUT2D eigenvalue weighted by Crippen LogP contribution is 2.26. The summed E-state index contributed by atoms with van der Waals surface area (Å²) in [6.45, 7) is 9.18. The van der Waals surface area contributed by atoms with Crippen LogP contribution >= 0.6 is 0 Å². The first-order chi connectivity index (χ1) is 13.4. The number of rotatable bonds is 4. The van der Waals surface area contributed by atoms with E-state index < -0.39 is 0 Å². The Morgan fingerprint density at radius 3 is 1.41 bits per heavy atom. The summed E-state index contributed by atoms with van der Waals surface area (Å²) in [4.78, 5) is 9.31. The fourth-order valence-electron chi connectivity index (χ4n) is 2.86. The number of ether oxygens (including phenoxy) is 2. The van der Waals surface area contributed by atoms with Crippen LogP contribution in [0.5, 0.6) is 0 Å². The molecule has 0 spiro atoms. The lowest BCUT2D eigenvalue weighted by atomic mass is 10.1. The summed E-state index contributed by atoms with van der Waals surface area (Å²) in [6.07, 6.45) is 0.534. The van der Waals surface area contributed by atoms with E-state index >= 15 is 0 Å². The second-order valence-electron chi connectivity index (χ2n) is 5.70. The van der Waals surface area contributed by atoms with E-state index in [0.29, 0.717) is 31.4 Å². The fourth-order valence-corrected chi connectivity index (χ4v) is 2.86. The zero-order chi connectivity index (χ0) is 19.5. The second kappa shape index (κ2) is 11.2. The van der Waals surface area contributed by atoms with Crippen LogP contribution in [0.2, 0.25) is 0 Å². The molecule has 2 aliphatic rings. The van der Waals surface area contributed by atoms with Gasteiger partial charge in [-0.05, 0) is 11.1 Å². The van der Waals surface area contributed by atoms with E-state index in [-0.39, 0.29) is 12.1 Å². The summed E-state index contributed by atoms with van der Waals surface area (Å²) < 4.78 is 11.4. The molecular formula is C23H30N2O2. The SMILES string of the molecule is CC.CC.c1ccc(C2COC(CC3=NC(c4ccccc4)CO3)=N2)cc1. The molecular weight excluding hydrogens is 336 g/mol. The van der Waals surface area contributed by atoms with Gasteiger partial charge in [-0.2, -0.15) is 0 Å². The molecule has 0 aliphatic carbocycles. The summed E-state index contributed by atoms with van der Waals surface area (Å²) in [5.74, 6) is 1.43. The number of hydrogen-bond acceptors (Lipinski definition) is 4. The molecule has 2 aliphatic heterocycles. The maximum Gasteiger partial charge on any atom is 0.193 e. The molecule has 2 heterocycles. The van der Waals surface area contributed by atoms with Crippen LogP contribution in [0, 0.1) is 0 Å². The minimum absolute atomic E-state index is 0.0816. The first-order valence-corrected chi connectivity index (χ1v) is 9.87. The quantitative estimate of drug-likeness (QED) is 0.689. The molecule has 4 rings (SSSR count). The third-order valence-corrected chi connectivity index (χ3v) is 4.09. The molecule has 0 saturated carbocycles. The van der Waals surface area contributed by atoms with Crippen LogP contribution in [0.1, 0.15) is 57.3 Å². The zero-order valence-electron chi connectivity index (χ0n) is 16.8. The van der Waals surface area contributed by atoms with Gasteiger partial charge in [0.25, 0.3) is 0 Å². The maximum atomic E-state index is 5.71. The Kier molecular flexibility index (Phi) is 8.56. The smallest absolute Gasteiger partial charge is 0.193 e. The van der Waals surface area contributed by atoms with Gasteiger partial charge < -0.3 is 9.47 Å². The van der Waals surface area contributed by atoms with Crippen molar-refractivity contribution in [1.29, 1.82) is 0 Å². The number of hydrogen-bond donors (Lipinski definition) is 0. The van der Waals surface area contributed by atoms with E-state index in [1.165, 1.54) is 11.1 Å². The molecule has 2 unspecified atom stereocenters. The Balaban J connectivity index is 0.000000614. The van der Waals surface area contributed by atoms with Crippen molar-refractivity contribution < 1.29 is 9.47 Å². The lowest BCUT2D eigenvalue weighted by molar-refractivity contribution is 0.300. The molecule has 0 amide bonds. The van der Waals surface area contributed by atoms with Gasteiger partial charge in [0.15, 0.2) is 11.8 Å². The van der Waals surface area contributed by atoms with Gasteiger partial charge in [0, 0.05) is 0 Å². The summed E-state index contributed by atoms with van der Waals surface area (Å²) in [6, 6.07) is 20.6. The Hall–Kier alpha value is -2.62. The molecule has 2 aromatic carbocycles. The average Bonchev–Trinajstić information content (AvgIpc) is 3.43. The third-order valence-electron chi connectivity index (χ3n) is 4.09. The van der Waals surface area contributed by atoms with E-state index in [0.717, 1.165) is 0 Å². The van der Waals surface area contributed by atoms with Gasteiger partial charge in [-0.1, -0.05) is 88.4 Å². The standard InChI is InChI=1S/C19H18N2O2.2C2H6/c1-3-7-14(8-4-1)16-12-22-18(20-16)11-19-21-17(13-23-19)15-9-5-2-6-10-15;2*1-2/h1-10,16-17H,11-13H2;2*1-2H3. The van der Waals surface area contributed by atoms with E-state index in [1.54, 1.807) is 0 Å². The van der Waals surface area contributed by atoms with Crippen LogP contribution in [0.25, 0.3) is 0 Å². The molecule has 0 fully saturated rings. The Morgan fingerprint density at radius 1 is 0.667 bits per heavy atom. The van der Waals surface area contributed by atoms with Crippen LogP contribution in [0.15, 0.2) is 70.6 Å². The minimum Gasteiger partial charge on any atom is -0.478 e. The number of benzene rings is 2. The van der Waals surface area contributed by atoms with Crippen molar-refractivity contribution in [2.45, 2.75) is 46.2 Å². The van der Waals surface area contributed by atoms with Crippen molar-refractivity contribution in [2.24, 2.45) is 9.98 Å². The maximum absolute atomic E-state index is 5.71. The van der Waals surface area contributed by atoms with E-state index in [1.807, 2.05) is 64.1 Å². The summed E-state index contributed by atoms with van der Waals surface area (Å²) >= 11 is 0. The molecule has 0 saturated heterocycles. The summed E-state index contributed by atoms with van der Waals surface area (Å²) in [7, 11) is 0. The average molecular weight is 367 g/mol. The van der Waals surface area contributed by atoms with Crippen molar-refractivity contribution in [3.8, 4) is 0 Å². The predicted octanol–water partition coefficient (Wildman–Crippen LogP) is 5.77. The fraction of sp³-hybridized carbons (Fsp3) is 0.391. The number of nitrogens with zero attached hydrogens (tertiary/aromatic N) is 2. The predicted molar refractivity (Wildman–Crippen MR) is 112 cm³/mol. The molecule has 0 radical (unpaired) electrons. The monoisotopic (exact) mass is 366 g/mol. The van der Waals surface area contributed by atoms with E-state index in [9.17, 15) is 0 Å². The van der Waals surface area contributed by atoms with Crippen molar-refractivity contribution in [2.75, 3.05) is 13.2 Å². The van der Waals surface area contributed by atoms with Crippen LogP contribution in [0.3, 0.4) is 0 Å². The Labute approximate surface area is 163 Å². The lowest BCUT2D eigenvalue weighted by Crippen LogP contribution is -2.08. The number of aliphatic imine (C=N–C) groups is 2. The highest BCUT2D eigenvalue weighted by atomic mass is 16.5. The van der Waals surface area contributed by atoms with Gasteiger partial charge in [0.05, 0.1) is 6.42 Å². The van der Waals surface area contributed by atoms with Crippen molar-refractivity contribution in [3.63, 3.8) is 0 Å². The third kappa shape index (κ3) is 5.68. The van der Waals surface area contributed by atoms with Crippen LogP contribution in [-0.4, -0.2) is 25.0 Å². The first kappa shape index (κ1) is 20.7. The largest absolute Gasteiger partial charge is 0.478 e. The van der Waals surface area contributed by atoms with Gasteiger partial charge in [0.1, 0.15) is 25.3 Å². The molecule has 0 bridgehead atoms. The van der Waals surface area contributed by atoms with Gasteiger partial charge in [-0.3, -0.25) is 0 Å². The minimum atomic E-state index is 0.0816. The van der Waals surface area contributed by atoms with E-state index in [4.69, 9.17) is 9.47 Å². The molecule has 144 valence electrons. The summed E-state index contributed by atoms with van der Waals surface area (Å²) in [5.41, 5.74) is 2.36.